The van der Waals surface area contributed by atoms with Crippen LogP contribution < -0.4 is 5.32 Å². The molecule has 0 bridgehead atoms. The van der Waals surface area contributed by atoms with Crippen LogP contribution in [-0.2, 0) is 10.5 Å². The van der Waals surface area contributed by atoms with Gasteiger partial charge in [0.25, 0.3) is 0 Å². The standard InChI is InChI=1S/C14H19ClN2OS.ClH/c1-11-8-17(7-6-16-11)14(18)10-19-9-12-2-4-13(15)5-3-12;/h2-5,11,16H,6-10H2,1H3;1H. The van der Waals surface area contributed by atoms with Gasteiger partial charge in [0, 0.05) is 36.5 Å². The molecule has 1 atom stereocenters. The van der Waals surface area contributed by atoms with E-state index >= 15 is 0 Å². The highest BCUT2D eigenvalue weighted by molar-refractivity contribution is 7.99. The van der Waals surface area contributed by atoms with Crippen LogP contribution in [0.4, 0.5) is 0 Å². The van der Waals surface area contributed by atoms with Gasteiger partial charge in [-0.3, -0.25) is 4.79 Å². The second kappa shape index (κ2) is 8.78. The first-order valence-electron chi connectivity index (χ1n) is 6.48. The molecule has 1 N–H and O–H groups in total. The minimum atomic E-state index is 0. The number of hydrogen-bond acceptors (Lipinski definition) is 3. The van der Waals surface area contributed by atoms with Crippen molar-refractivity contribution in [3.05, 3.63) is 34.9 Å². The molecule has 1 aromatic rings. The maximum Gasteiger partial charge on any atom is 0.232 e. The first-order valence-corrected chi connectivity index (χ1v) is 8.02. The minimum Gasteiger partial charge on any atom is -0.339 e. The van der Waals surface area contributed by atoms with Crippen molar-refractivity contribution in [2.45, 2.75) is 18.7 Å². The maximum absolute atomic E-state index is 12.0. The number of nitrogens with zero attached hydrogens (tertiary/aromatic N) is 1. The quantitative estimate of drug-likeness (QED) is 0.918. The van der Waals surface area contributed by atoms with Crippen molar-refractivity contribution in [3.63, 3.8) is 0 Å². The van der Waals surface area contributed by atoms with Crippen molar-refractivity contribution >= 4 is 41.7 Å². The first kappa shape index (κ1) is 17.6. The average Bonchev–Trinajstić information content (AvgIpc) is 2.41. The zero-order valence-electron chi connectivity index (χ0n) is 11.5. The molecule has 20 heavy (non-hydrogen) atoms. The molecule has 6 heteroatoms. The lowest BCUT2D eigenvalue weighted by Crippen LogP contribution is -2.51. The molecule has 1 saturated heterocycles. The van der Waals surface area contributed by atoms with Crippen LogP contribution in [0.25, 0.3) is 0 Å². The number of thioether (sulfide) groups is 1. The van der Waals surface area contributed by atoms with E-state index in [0.717, 1.165) is 30.4 Å². The molecule has 1 aliphatic heterocycles. The molecule has 1 aliphatic rings. The van der Waals surface area contributed by atoms with E-state index in [1.165, 1.54) is 5.56 Å². The number of carbonyl (C=O) groups excluding carboxylic acids is 1. The SMILES string of the molecule is CC1CN(C(=O)CSCc2ccc(Cl)cc2)CCN1.Cl. The highest BCUT2D eigenvalue weighted by atomic mass is 35.5. The Bertz CT molecular complexity index is 428. The molecule has 1 unspecified atom stereocenters. The normalized spacial score (nSPS) is 18.5. The topological polar surface area (TPSA) is 32.3 Å². The molecular weight excluding hydrogens is 315 g/mol. The Labute approximate surface area is 135 Å². The average molecular weight is 335 g/mol. The van der Waals surface area contributed by atoms with Crippen LogP contribution in [0.3, 0.4) is 0 Å². The molecule has 1 aromatic carbocycles. The lowest BCUT2D eigenvalue weighted by Gasteiger charge is -2.31. The summed E-state index contributed by atoms with van der Waals surface area (Å²) in [5.74, 6) is 1.65. The van der Waals surface area contributed by atoms with E-state index in [1.54, 1.807) is 11.8 Å². The number of carbonyl (C=O) groups is 1. The van der Waals surface area contributed by atoms with Crippen LogP contribution in [0.1, 0.15) is 12.5 Å². The van der Waals surface area contributed by atoms with Crippen LogP contribution in [0.15, 0.2) is 24.3 Å². The van der Waals surface area contributed by atoms with Crippen LogP contribution in [0, 0.1) is 0 Å². The molecule has 0 saturated carbocycles. The van der Waals surface area contributed by atoms with Crippen molar-refractivity contribution in [3.8, 4) is 0 Å². The largest absolute Gasteiger partial charge is 0.339 e. The molecule has 1 amide bonds. The Kier molecular flexibility index (Phi) is 7.74. The van der Waals surface area contributed by atoms with Crippen LogP contribution in [-0.4, -0.2) is 42.2 Å². The van der Waals surface area contributed by atoms with Gasteiger partial charge in [0.05, 0.1) is 5.75 Å². The summed E-state index contributed by atoms with van der Waals surface area (Å²) in [6.07, 6.45) is 0. The third-order valence-electron chi connectivity index (χ3n) is 3.13. The number of benzene rings is 1. The van der Waals surface area contributed by atoms with E-state index in [9.17, 15) is 4.79 Å². The fourth-order valence-corrected chi connectivity index (χ4v) is 3.10. The summed E-state index contributed by atoms with van der Waals surface area (Å²) in [5, 5.41) is 4.09. The molecule has 1 heterocycles. The summed E-state index contributed by atoms with van der Waals surface area (Å²) < 4.78 is 0. The Morgan fingerprint density at radius 2 is 2.15 bits per heavy atom. The van der Waals surface area contributed by atoms with Gasteiger partial charge >= 0.3 is 0 Å². The molecule has 3 nitrogen and oxygen atoms in total. The second-order valence-electron chi connectivity index (χ2n) is 4.81. The van der Waals surface area contributed by atoms with E-state index in [0.29, 0.717) is 11.8 Å². The van der Waals surface area contributed by atoms with Gasteiger partial charge in [0.15, 0.2) is 0 Å². The van der Waals surface area contributed by atoms with Crippen molar-refractivity contribution in [1.82, 2.24) is 10.2 Å². The molecule has 0 aliphatic carbocycles. The lowest BCUT2D eigenvalue weighted by atomic mass is 10.2. The van der Waals surface area contributed by atoms with Gasteiger partial charge in [-0.25, -0.2) is 0 Å². The summed E-state index contributed by atoms with van der Waals surface area (Å²) in [6, 6.07) is 8.19. The number of hydrogen-bond donors (Lipinski definition) is 1. The molecule has 0 aromatic heterocycles. The van der Waals surface area contributed by atoms with Gasteiger partial charge in [0.2, 0.25) is 5.91 Å². The summed E-state index contributed by atoms with van der Waals surface area (Å²) in [5.41, 5.74) is 1.20. The minimum absolute atomic E-state index is 0. The van der Waals surface area contributed by atoms with Gasteiger partial charge < -0.3 is 10.2 Å². The predicted molar refractivity (Wildman–Crippen MR) is 88.9 cm³/mol. The molecular formula is C14H20Cl2N2OS. The van der Waals surface area contributed by atoms with Crippen LogP contribution in [0.2, 0.25) is 5.02 Å². The fourth-order valence-electron chi connectivity index (χ4n) is 2.09. The van der Waals surface area contributed by atoms with Crippen molar-refractivity contribution in [2.75, 3.05) is 25.4 Å². The van der Waals surface area contributed by atoms with E-state index in [4.69, 9.17) is 11.6 Å². The third kappa shape index (κ3) is 5.52. The monoisotopic (exact) mass is 334 g/mol. The zero-order chi connectivity index (χ0) is 13.7. The first-order chi connectivity index (χ1) is 9.15. The Morgan fingerprint density at radius 1 is 1.45 bits per heavy atom. The van der Waals surface area contributed by atoms with Gasteiger partial charge in [-0.05, 0) is 24.6 Å². The van der Waals surface area contributed by atoms with E-state index in [1.807, 2.05) is 29.2 Å². The van der Waals surface area contributed by atoms with Crippen LogP contribution >= 0.6 is 35.8 Å². The molecule has 0 radical (unpaired) electrons. The molecule has 2 rings (SSSR count). The zero-order valence-corrected chi connectivity index (χ0v) is 13.9. The third-order valence-corrected chi connectivity index (χ3v) is 4.37. The summed E-state index contributed by atoms with van der Waals surface area (Å²) in [7, 11) is 0. The lowest BCUT2D eigenvalue weighted by molar-refractivity contribution is -0.129. The van der Waals surface area contributed by atoms with Gasteiger partial charge in [-0.15, -0.1) is 24.2 Å². The van der Waals surface area contributed by atoms with E-state index in [2.05, 4.69) is 12.2 Å². The number of nitrogens with one attached hydrogen (secondary N) is 1. The van der Waals surface area contributed by atoms with Gasteiger partial charge in [0.1, 0.15) is 0 Å². The van der Waals surface area contributed by atoms with E-state index < -0.39 is 0 Å². The molecule has 0 spiro atoms. The second-order valence-corrected chi connectivity index (χ2v) is 6.24. The number of amides is 1. The highest BCUT2D eigenvalue weighted by Crippen LogP contribution is 2.16. The Morgan fingerprint density at radius 3 is 2.80 bits per heavy atom. The smallest absolute Gasteiger partial charge is 0.232 e. The summed E-state index contributed by atoms with van der Waals surface area (Å²) in [4.78, 5) is 14.0. The fraction of sp³-hybridized carbons (Fsp3) is 0.500. The summed E-state index contributed by atoms with van der Waals surface area (Å²) in [6.45, 7) is 4.65. The maximum atomic E-state index is 12.0. The van der Waals surface area contributed by atoms with E-state index in [-0.39, 0.29) is 18.3 Å². The van der Waals surface area contributed by atoms with Crippen molar-refractivity contribution < 1.29 is 4.79 Å². The van der Waals surface area contributed by atoms with Gasteiger partial charge in [-0.2, -0.15) is 0 Å². The van der Waals surface area contributed by atoms with Crippen LogP contribution in [0.5, 0.6) is 0 Å². The van der Waals surface area contributed by atoms with Gasteiger partial charge in [-0.1, -0.05) is 23.7 Å². The van der Waals surface area contributed by atoms with Crippen molar-refractivity contribution in [2.24, 2.45) is 0 Å². The Hall–Kier alpha value is -0.420. The number of halogens is 2. The predicted octanol–water partition coefficient (Wildman–Crippen LogP) is 2.82. The molecule has 1 fully saturated rings. The van der Waals surface area contributed by atoms with Crippen molar-refractivity contribution in [1.29, 1.82) is 0 Å². The summed E-state index contributed by atoms with van der Waals surface area (Å²) >= 11 is 7.50. The Balaban J connectivity index is 0.00000200. The number of rotatable bonds is 4. The number of piperazine rings is 1. The molecule has 112 valence electrons. The highest BCUT2D eigenvalue weighted by Gasteiger charge is 2.19.